The SMILES string of the molecule is CCOC(=O)C1[C@H]2CC[C@H](C2)[C@@H]1NC1CCCC1. The largest absolute Gasteiger partial charge is 0.466 e. The van der Waals surface area contributed by atoms with E-state index in [4.69, 9.17) is 4.74 Å². The number of carbonyl (C=O) groups is 1. The van der Waals surface area contributed by atoms with Gasteiger partial charge in [-0.3, -0.25) is 4.79 Å². The van der Waals surface area contributed by atoms with Crippen LogP contribution in [0.3, 0.4) is 0 Å². The predicted octanol–water partition coefficient (Wildman–Crippen LogP) is 2.50. The van der Waals surface area contributed by atoms with Crippen molar-refractivity contribution in [3.05, 3.63) is 0 Å². The summed E-state index contributed by atoms with van der Waals surface area (Å²) < 4.78 is 5.29. The zero-order chi connectivity index (χ0) is 12.5. The van der Waals surface area contributed by atoms with Gasteiger partial charge in [-0.25, -0.2) is 0 Å². The van der Waals surface area contributed by atoms with Crippen molar-refractivity contribution in [2.24, 2.45) is 17.8 Å². The van der Waals surface area contributed by atoms with Crippen LogP contribution < -0.4 is 5.32 Å². The van der Waals surface area contributed by atoms with Gasteiger partial charge in [-0.05, 0) is 50.9 Å². The first kappa shape index (κ1) is 12.5. The number of rotatable bonds is 4. The Hall–Kier alpha value is -0.570. The molecule has 3 rings (SSSR count). The molecule has 0 spiro atoms. The number of carbonyl (C=O) groups excluding carboxylic acids is 1. The van der Waals surface area contributed by atoms with Gasteiger partial charge in [-0.15, -0.1) is 0 Å². The maximum absolute atomic E-state index is 12.2. The average Bonchev–Trinajstić information content (AvgIpc) is 3.04. The first-order valence-electron chi connectivity index (χ1n) is 7.72. The van der Waals surface area contributed by atoms with Gasteiger partial charge >= 0.3 is 5.97 Å². The van der Waals surface area contributed by atoms with Crippen molar-refractivity contribution in [2.45, 2.75) is 64.0 Å². The fraction of sp³-hybridized carbons (Fsp3) is 0.933. The van der Waals surface area contributed by atoms with Crippen LogP contribution in [0.25, 0.3) is 0 Å². The average molecular weight is 251 g/mol. The van der Waals surface area contributed by atoms with E-state index < -0.39 is 0 Å². The summed E-state index contributed by atoms with van der Waals surface area (Å²) in [6, 6.07) is 1.07. The highest BCUT2D eigenvalue weighted by Crippen LogP contribution is 2.49. The number of hydrogen-bond donors (Lipinski definition) is 1. The highest BCUT2D eigenvalue weighted by Gasteiger charge is 2.51. The summed E-state index contributed by atoms with van der Waals surface area (Å²) in [4.78, 5) is 12.2. The highest BCUT2D eigenvalue weighted by molar-refractivity contribution is 5.74. The van der Waals surface area contributed by atoms with E-state index in [0.717, 1.165) is 5.92 Å². The Morgan fingerprint density at radius 3 is 2.61 bits per heavy atom. The van der Waals surface area contributed by atoms with Crippen LogP contribution in [0.5, 0.6) is 0 Å². The van der Waals surface area contributed by atoms with Gasteiger partial charge in [-0.1, -0.05) is 12.8 Å². The standard InChI is InChI=1S/C15H25NO2/c1-2-18-15(17)13-10-7-8-11(9-10)14(13)16-12-5-3-4-6-12/h10-14,16H,2-9H2,1H3/t10-,11+,13?,14-/m0/s1. The molecule has 3 heteroatoms. The third-order valence-corrected chi connectivity index (χ3v) is 5.26. The zero-order valence-corrected chi connectivity index (χ0v) is 11.4. The second-order valence-corrected chi connectivity index (χ2v) is 6.28. The Morgan fingerprint density at radius 2 is 1.89 bits per heavy atom. The molecule has 0 heterocycles. The van der Waals surface area contributed by atoms with Crippen molar-refractivity contribution in [3.63, 3.8) is 0 Å². The minimum absolute atomic E-state index is 0.0557. The second kappa shape index (κ2) is 5.20. The minimum atomic E-state index is 0.0557. The van der Waals surface area contributed by atoms with E-state index in [1.807, 2.05) is 6.92 Å². The smallest absolute Gasteiger partial charge is 0.310 e. The minimum Gasteiger partial charge on any atom is -0.466 e. The van der Waals surface area contributed by atoms with Crippen LogP contribution in [0.2, 0.25) is 0 Å². The lowest BCUT2D eigenvalue weighted by atomic mass is 9.84. The number of hydrogen-bond acceptors (Lipinski definition) is 3. The van der Waals surface area contributed by atoms with Gasteiger partial charge in [0.15, 0.2) is 0 Å². The molecule has 102 valence electrons. The van der Waals surface area contributed by atoms with Crippen LogP contribution in [0, 0.1) is 17.8 Å². The Morgan fingerprint density at radius 1 is 1.17 bits per heavy atom. The molecule has 0 aliphatic heterocycles. The van der Waals surface area contributed by atoms with E-state index in [2.05, 4.69) is 5.32 Å². The molecule has 18 heavy (non-hydrogen) atoms. The van der Waals surface area contributed by atoms with Crippen LogP contribution in [-0.2, 0) is 9.53 Å². The molecule has 4 atom stereocenters. The quantitative estimate of drug-likeness (QED) is 0.780. The van der Waals surface area contributed by atoms with Gasteiger partial charge < -0.3 is 10.1 Å². The van der Waals surface area contributed by atoms with Crippen molar-refractivity contribution in [2.75, 3.05) is 6.61 Å². The Kier molecular flexibility index (Phi) is 3.60. The van der Waals surface area contributed by atoms with Gasteiger partial charge in [0.2, 0.25) is 0 Å². The van der Waals surface area contributed by atoms with E-state index in [0.29, 0.717) is 24.6 Å². The summed E-state index contributed by atoms with van der Waals surface area (Å²) in [6.07, 6.45) is 9.08. The molecule has 3 aliphatic rings. The molecule has 0 saturated heterocycles. The molecule has 3 nitrogen and oxygen atoms in total. The maximum atomic E-state index is 12.2. The van der Waals surface area contributed by atoms with E-state index in [1.165, 1.54) is 44.9 Å². The summed E-state index contributed by atoms with van der Waals surface area (Å²) in [5, 5.41) is 3.80. The number of esters is 1. The lowest BCUT2D eigenvalue weighted by Gasteiger charge is -2.32. The molecule has 1 N–H and O–H groups in total. The first-order valence-corrected chi connectivity index (χ1v) is 7.72. The third-order valence-electron chi connectivity index (χ3n) is 5.26. The molecule has 3 fully saturated rings. The molecule has 1 unspecified atom stereocenters. The third kappa shape index (κ3) is 2.18. The number of ether oxygens (including phenoxy) is 1. The predicted molar refractivity (Wildman–Crippen MR) is 70.1 cm³/mol. The zero-order valence-electron chi connectivity index (χ0n) is 11.4. The van der Waals surface area contributed by atoms with Crippen LogP contribution in [-0.4, -0.2) is 24.7 Å². The molecule has 3 saturated carbocycles. The van der Waals surface area contributed by atoms with Crippen molar-refractivity contribution >= 4 is 5.97 Å². The highest BCUT2D eigenvalue weighted by atomic mass is 16.5. The number of fused-ring (bicyclic) bond motifs is 2. The van der Waals surface area contributed by atoms with E-state index in [-0.39, 0.29) is 11.9 Å². The normalized spacial score (nSPS) is 39.4. The fourth-order valence-electron chi connectivity index (χ4n) is 4.47. The summed E-state index contributed by atoms with van der Waals surface area (Å²) >= 11 is 0. The number of nitrogens with one attached hydrogen (secondary N) is 1. The molecule has 0 aromatic rings. The van der Waals surface area contributed by atoms with Crippen molar-refractivity contribution in [3.8, 4) is 0 Å². The van der Waals surface area contributed by atoms with Crippen LogP contribution >= 0.6 is 0 Å². The molecule has 0 aromatic carbocycles. The molecular weight excluding hydrogens is 226 g/mol. The van der Waals surface area contributed by atoms with Crippen molar-refractivity contribution in [1.29, 1.82) is 0 Å². The Bertz CT molecular complexity index is 312. The summed E-state index contributed by atoms with van der Waals surface area (Å²) in [7, 11) is 0. The molecule has 2 bridgehead atoms. The lowest BCUT2D eigenvalue weighted by Crippen LogP contribution is -2.48. The van der Waals surface area contributed by atoms with Gasteiger partial charge in [-0.2, -0.15) is 0 Å². The van der Waals surface area contributed by atoms with Crippen LogP contribution in [0.15, 0.2) is 0 Å². The molecular formula is C15H25NO2. The molecule has 0 radical (unpaired) electrons. The molecule has 0 amide bonds. The van der Waals surface area contributed by atoms with Gasteiger partial charge in [0.1, 0.15) is 0 Å². The lowest BCUT2D eigenvalue weighted by molar-refractivity contribution is -0.150. The van der Waals surface area contributed by atoms with E-state index >= 15 is 0 Å². The second-order valence-electron chi connectivity index (χ2n) is 6.28. The van der Waals surface area contributed by atoms with E-state index in [9.17, 15) is 4.79 Å². The van der Waals surface area contributed by atoms with Gasteiger partial charge in [0.25, 0.3) is 0 Å². The topological polar surface area (TPSA) is 38.3 Å². The Balaban J connectivity index is 1.67. The molecule has 3 aliphatic carbocycles. The van der Waals surface area contributed by atoms with Gasteiger partial charge in [0.05, 0.1) is 12.5 Å². The summed E-state index contributed by atoms with van der Waals surface area (Å²) in [5.74, 6) is 1.52. The van der Waals surface area contributed by atoms with Gasteiger partial charge in [0, 0.05) is 12.1 Å². The Labute approximate surface area is 110 Å². The van der Waals surface area contributed by atoms with E-state index in [1.54, 1.807) is 0 Å². The van der Waals surface area contributed by atoms with Crippen molar-refractivity contribution in [1.82, 2.24) is 5.32 Å². The first-order chi connectivity index (χ1) is 8.79. The summed E-state index contributed by atoms with van der Waals surface area (Å²) in [6.45, 7) is 2.42. The summed E-state index contributed by atoms with van der Waals surface area (Å²) in [5.41, 5.74) is 0. The fourth-order valence-corrected chi connectivity index (χ4v) is 4.47. The maximum Gasteiger partial charge on any atom is 0.310 e. The monoisotopic (exact) mass is 251 g/mol. The van der Waals surface area contributed by atoms with Crippen LogP contribution in [0.1, 0.15) is 51.9 Å². The van der Waals surface area contributed by atoms with Crippen LogP contribution in [0.4, 0.5) is 0 Å². The molecule has 0 aromatic heterocycles. The van der Waals surface area contributed by atoms with Crippen molar-refractivity contribution < 1.29 is 9.53 Å².